The summed E-state index contributed by atoms with van der Waals surface area (Å²) in [6.07, 6.45) is 0. The van der Waals surface area contributed by atoms with E-state index >= 15 is 0 Å². The summed E-state index contributed by atoms with van der Waals surface area (Å²) < 4.78 is 13.8. The third-order valence-electron chi connectivity index (χ3n) is 2.33. The standard InChI is InChI=1S/C12H12ClFN2S2/c1-16(15)11-10(14)5-4-9(13)12(11)18-7-8-3-2-6-17-8/h2-6H,7,15H2,1H3. The lowest BCUT2D eigenvalue weighted by atomic mass is 10.3. The quantitative estimate of drug-likeness (QED) is 0.523. The van der Waals surface area contributed by atoms with Crippen molar-refractivity contribution in [2.24, 2.45) is 5.84 Å². The maximum absolute atomic E-state index is 13.8. The number of nitrogens with two attached hydrogens (primary N) is 1. The average molecular weight is 303 g/mol. The minimum absolute atomic E-state index is 0.337. The van der Waals surface area contributed by atoms with Gasteiger partial charge in [0.2, 0.25) is 0 Å². The third-order valence-corrected chi connectivity index (χ3v) is 4.97. The molecule has 2 rings (SSSR count). The highest BCUT2D eigenvalue weighted by atomic mass is 35.5. The van der Waals surface area contributed by atoms with Crippen molar-refractivity contribution in [3.8, 4) is 0 Å². The highest BCUT2D eigenvalue weighted by molar-refractivity contribution is 7.99. The van der Waals surface area contributed by atoms with E-state index in [1.54, 1.807) is 24.5 Å². The van der Waals surface area contributed by atoms with Gasteiger partial charge < -0.3 is 5.01 Å². The topological polar surface area (TPSA) is 29.3 Å². The smallest absolute Gasteiger partial charge is 0.149 e. The molecule has 2 N–H and O–H groups in total. The molecule has 1 aromatic carbocycles. The first kappa shape index (κ1) is 13.7. The lowest BCUT2D eigenvalue weighted by Crippen LogP contribution is -2.26. The van der Waals surface area contributed by atoms with Crippen LogP contribution in [0.15, 0.2) is 34.5 Å². The van der Waals surface area contributed by atoms with E-state index in [1.165, 1.54) is 27.7 Å². The minimum Gasteiger partial charge on any atom is -0.310 e. The van der Waals surface area contributed by atoms with Crippen LogP contribution in [-0.4, -0.2) is 7.05 Å². The Morgan fingerprint density at radius 3 is 2.83 bits per heavy atom. The zero-order chi connectivity index (χ0) is 13.1. The van der Waals surface area contributed by atoms with Crippen molar-refractivity contribution >= 4 is 40.4 Å². The number of hydrogen-bond acceptors (Lipinski definition) is 4. The summed E-state index contributed by atoms with van der Waals surface area (Å²) in [6, 6.07) is 6.91. The zero-order valence-electron chi connectivity index (χ0n) is 9.69. The predicted octanol–water partition coefficient (Wildman–Crippen LogP) is 4.14. The van der Waals surface area contributed by atoms with E-state index in [2.05, 4.69) is 0 Å². The summed E-state index contributed by atoms with van der Waals surface area (Å²) in [5, 5.41) is 3.79. The van der Waals surface area contributed by atoms with Crippen LogP contribution in [-0.2, 0) is 5.75 Å². The average Bonchev–Trinajstić information content (AvgIpc) is 2.82. The van der Waals surface area contributed by atoms with Crippen molar-refractivity contribution in [2.45, 2.75) is 10.6 Å². The van der Waals surface area contributed by atoms with Crippen molar-refractivity contribution in [1.82, 2.24) is 0 Å². The van der Waals surface area contributed by atoms with Gasteiger partial charge in [-0.05, 0) is 23.6 Å². The monoisotopic (exact) mass is 302 g/mol. The molecule has 0 bridgehead atoms. The molecule has 0 atom stereocenters. The van der Waals surface area contributed by atoms with E-state index < -0.39 is 0 Å². The molecule has 0 spiro atoms. The van der Waals surface area contributed by atoms with E-state index in [0.29, 0.717) is 15.6 Å². The zero-order valence-corrected chi connectivity index (χ0v) is 12.1. The fraction of sp³-hybridized carbons (Fsp3) is 0.167. The molecule has 2 nitrogen and oxygen atoms in total. The van der Waals surface area contributed by atoms with Crippen LogP contribution in [0.5, 0.6) is 0 Å². The van der Waals surface area contributed by atoms with E-state index in [-0.39, 0.29) is 5.82 Å². The van der Waals surface area contributed by atoms with E-state index in [4.69, 9.17) is 17.4 Å². The third kappa shape index (κ3) is 2.98. The molecule has 0 amide bonds. The highest BCUT2D eigenvalue weighted by Crippen LogP contribution is 2.39. The van der Waals surface area contributed by atoms with Gasteiger partial charge in [-0.1, -0.05) is 17.7 Å². The Labute approximate surface area is 119 Å². The fourth-order valence-corrected chi connectivity index (χ4v) is 3.75. The molecule has 6 heteroatoms. The fourth-order valence-electron chi connectivity index (χ4n) is 1.53. The first-order chi connectivity index (χ1) is 8.59. The lowest BCUT2D eigenvalue weighted by Gasteiger charge is -2.18. The van der Waals surface area contributed by atoms with E-state index in [1.807, 2.05) is 17.5 Å². The van der Waals surface area contributed by atoms with Crippen LogP contribution < -0.4 is 10.9 Å². The molecular formula is C12H12ClFN2S2. The maximum atomic E-state index is 13.8. The first-order valence-corrected chi connectivity index (χ1v) is 7.45. The Morgan fingerprint density at radius 1 is 1.44 bits per heavy atom. The number of nitrogens with zero attached hydrogens (tertiary/aromatic N) is 1. The van der Waals surface area contributed by atoms with Gasteiger partial charge in [0.15, 0.2) is 0 Å². The number of hydrogen-bond donors (Lipinski definition) is 1. The second-order valence-electron chi connectivity index (χ2n) is 3.69. The molecule has 18 heavy (non-hydrogen) atoms. The second kappa shape index (κ2) is 5.93. The molecule has 1 heterocycles. The molecule has 0 aliphatic rings. The van der Waals surface area contributed by atoms with Crippen molar-refractivity contribution in [3.05, 3.63) is 45.4 Å². The Bertz CT molecular complexity index is 529. The molecule has 2 aromatic rings. The lowest BCUT2D eigenvalue weighted by molar-refractivity contribution is 0.620. The molecule has 0 saturated carbocycles. The van der Waals surface area contributed by atoms with Crippen LogP contribution in [0.4, 0.5) is 10.1 Å². The summed E-state index contributed by atoms with van der Waals surface area (Å²) in [5.74, 6) is 6.05. The van der Waals surface area contributed by atoms with Crippen molar-refractivity contribution < 1.29 is 4.39 Å². The molecule has 0 aliphatic carbocycles. The van der Waals surface area contributed by atoms with Gasteiger partial charge in [0.1, 0.15) is 11.5 Å². The maximum Gasteiger partial charge on any atom is 0.149 e. The number of thioether (sulfide) groups is 1. The Hall–Kier alpha value is -0.750. The molecule has 0 fully saturated rings. The van der Waals surface area contributed by atoms with Gasteiger partial charge in [-0.2, -0.15) is 0 Å². The van der Waals surface area contributed by atoms with Gasteiger partial charge in [0.05, 0.1) is 9.92 Å². The van der Waals surface area contributed by atoms with E-state index in [9.17, 15) is 4.39 Å². The van der Waals surface area contributed by atoms with Gasteiger partial charge in [-0.25, -0.2) is 10.2 Å². The van der Waals surface area contributed by atoms with Gasteiger partial charge in [0, 0.05) is 17.7 Å². The summed E-state index contributed by atoms with van der Waals surface area (Å²) in [7, 11) is 1.60. The Morgan fingerprint density at radius 2 is 2.22 bits per heavy atom. The number of benzene rings is 1. The van der Waals surface area contributed by atoms with Crippen LogP contribution in [0.3, 0.4) is 0 Å². The van der Waals surface area contributed by atoms with Crippen LogP contribution >= 0.6 is 34.7 Å². The number of rotatable bonds is 4. The van der Waals surface area contributed by atoms with Gasteiger partial charge in [-0.3, -0.25) is 0 Å². The van der Waals surface area contributed by atoms with Crippen LogP contribution in [0.25, 0.3) is 0 Å². The van der Waals surface area contributed by atoms with Crippen LogP contribution in [0, 0.1) is 5.82 Å². The number of anilines is 1. The van der Waals surface area contributed by atoms with Crippen LogP contribution in [0.1, 0.15) is 4.88 Å². The Kier molecular flexibility index (Phi) is 4.50. The largest absolute Gasteiger partial charge is 0.310 e. The van der Waals surface area contributed by atoms with Crippen molar-refractivity contribution in [1.29, 1.82) is 0 Å². The molecule has 0 unspecified atom stereocenters. The number of halogens is 2. The van der Waals surface area contributed by atoms with E-state index in [0.717, 1.165) is 5.75 Å². The number of hydrazine groups is 1. The summed E-state index contributed by atoms with van der Waals surface area (Å²) in [6.45, 7) is 0. The normalized spacial score (nSPS) is 10.7. The SMILES string of the molecule is CN(N)c1c(F)ccc(Cl)c1SCc1cccs1. The second-order valence-corrected chi connectivity index (χ2v) is 6.11. The van der Waals surface area contributed by atoms with Crippen molar-refractivity contribution in [2.75, 3.05) is 12.1 Å². The molecule has 96 valence electrons. The van der Waals surface area contributed by atoms with Crippen LogP contribution in [0.2, 0.25) is 5.02 Å². The molecule has 1 aromatic heterocycles. The first-order valence-electron chi connectivity index (χ1n) is 5.21. The summed E-state index contributed by atoms with van der Waals surface area (Å²) >= 11 is 9.27. The predicted molar refractivity (Wildman–Crippen MR) is 77.9 cm³/mol. The summed E-state index contributed by atoms with van der Waals surface area (Å²) in [4.78, 5) is 1.89. The summed E-state index contributed by atoms with van der Waals surface area (Å²) in [5.41, 5.74) is 0.337. The Balaban J connectivity index is 2.28. The van der Waals surface area contributed by atoms with Crippen molar-refractivity contribution in [3.63, 3.8) is 0 Å². The molecule has 0 radical (unpaired) electrons. The number of thiophene rings is 1. The highest BCUT2D eigenvalue weighted by Gasteiger charge is 2.15. The van der Waals surface area contributed by atoms with Gasteiger partial charge in [-0.15, -0.1) is 23.1 Å². The molecular weight excluding hydrogens is 291 g/mol. The van der Waals surface area contributed by atoms with Gasteiger partial charge >= 0.3 is 0 Å². The molecule has 0 aliphatic heterocycles. The van der Waals surface area contributed by atoms with Gasteiger partial charge in [0.25, 0.3) is 0 Å². The minimum atomic E-state index is -0.363. The molecule has 0 saturated heterocycles.